The molecule has 1 aliphatic rings. The number of aryl methyl sites for hydroxylation is 3. The third-order valence-electron chi connectivity index (χ3n) is 4.49. The molecule has 0 N–H and O–H groups in total. The number of amides is 1. The number of hydrogen-bond acceptors (Lipinski definition) is 5. The Kier molecular flexibility index (Phi) is 5.15. The van der Waals surface area contributed by atoms with Crippen LogP contribution in [0.5, 0.6) is 0 Å². The Bertz CT molecular complexity index is 893. The molecule has 1 aliphatic heterocycles. The van der Waals surface area contributed by atoms with Gasteiger partial charge in [0.15, 0.2) is 0 Å². The maximum absolute atomic E-state index is 12.9. The zero-order valence-electron chi connectivity index (χ0n) is 15.3. The zero-order valence-corrected chi connectivity index (χ0v) is 16.1. The number of nitrogens with zero attached hydrogens (tertiary/aromatic N) is 6. The Balaban J connectivity index is 1.63. The van der Waals surface area contributed by atoms with Crippen LogP contribution in [0.25, 0.3) is 0 Å². The molecular weight excluding hydrogens is 356 g/mol. The summed E-state index contributed by atoms with van der Waals surface area (Å²) in [7, 11) is -3.59. The minimum atomic E-state index is -3.59. The van der Waals surface area contributed by atoms with Crippen molar-refractivity contribution in [3.05, 3.63) is 29.8 Å². The summed E-state index contributed by atoms with van der Waals surface area (Å²) in [6, 6.07) is 0. The monoisotopic (exact) mass is 380 g/mol. The summed E-state index contributed by atoms with van der Waals surface area (Å²) < 4.78 is 30.4. The van der Waals surface area contributed by atoms with Gasteiger partial charge in [-0.3, -0.25) is 14.2 Å². The lowest BCUT2D eigenvalue weighted by Crippen LogP contribution is -2.51. The molecule has 0 unspecified atom stereocenters. The number of sulfonamides is 1. The highest BCUT2D eigenvalue weighted by Crippen LogP contribution is 2.20. The van der Waals surface area contributed by atoms with E-state index in [1.165, 1.54) is 4.31 Å². The van der Waals surface area contributed by atoms with E-state index in [1.54, 1.807) is 33.6 Å². The van der Waals surface area contributed by atoms with E-state index in [2.05, 4.69) is 10.2 Å². The molecule has 2 aromatic rings. The molecule has 142 valence electrons. The third-order valence-corrected chi connectivity index (χ3v) is 6.50. The standard InChI is InChI=1S/C16H24N6O3S/c1-4-20-11-15(14(3)18-20)26(24,25)22-7-5-19(6-8-22)16(23)12-21-10-13(2)9-17-21/h9-11H,4-8,12H2,1-3H3. The van der Waals surface area contributed by atoms with Gasteiger partial charge in [-0.05, 0) is 26.3 Å². The average Bonchev–Trinajstić information content (AvgIpc) is 3.20. The molecule has 10 heteroatoms. The summed E-state index contributed by atoms with van der Waals surface area (Å²) in [5.41, 5.74) is 1.50. The number of hydrogen-bond donors (Lipinski definition) is 0. The highest BCUT2D eigenvalue weighted by atomic mass is 32.2. The summed E-state index contributed by atoms with van der Waals surface area (Å²) in [6.45, 7) is 7.62. The number of carbonyl (C=O) groups excluding carboxylic acids is 1. The molecule has 0 aromatic carbocycles. The van der Waals surface area contributed by atoms with Gasteiger partial charge in [0.25, 0.3) is 0 Å². The minimum absolute atomic E-state index is 0.0554. The molecule has 1 fully saturated rings. The second kappa shape index (κ2) is 7.20. The van der Waals surface area contributed by atoms with Gasteiger partial charge in [-0.1, -0.05) is 0 Å². The van der Waals surface area contributed by atoms with Gasteiger partial charge < -0.3 is 4.90 Å². The van der Waals surface area contributed by atoms with Gasteiger partial charge >= 0.3 is 0 Å². The molecule has 3 rings (SSSR count). The lowest BCUT2D eigenvalue weighted by molar-refractivity contribution is -0.133. The first-order valence-electron chi connectivity index (χ1n) is 8.62. The van der Waals surface area contributed by atoms with E-state index in [0.29, 0.717) is 25.3 Å². The number of piperazine rings is 1. The van der Waals surface area contributed by atoms with Crippen molar-refractivity contribution in [3.8, 4) is 0 Å². The number of rotatable bonds is 5. The molecule has 0 radical (unpaired) electrons. The minimum Gasteiger partial charge on any atom is -0.338 e. The predicted octanol–water partition coefficient (Wildman–Crippen LogP) is 0.249. The molecule has 0 aliphatic carbocycles. The molecule has 0 atom stereocenters. The van der Waals surface area contributed by atoms with E-state index in [4.69, 9.17) is 0 Å². The first-order chi connectivity index (χ1) is 12.3. The Morgan fingerprint density at radius 2 is 1.81 bits per heavy atom. The quantitative estimate of drug-likeness (QED) is 0.741. The molecular formula is C16H24N6O3S. The Morgan fingerprint density at radius 3 is 2.35 bits per heavy atom. The Morgan fingerprint density at radius 1 is 1.12 bits per heavy atom. The van der Waals surface area contributed by atoms with Crippen LogP contribution in [0.1, 0.15) is 18.2 Å². The maximum atomic E-state index is 12.9. The van der Waals surface area contributed by atoms with Crippen LogP contribution < -0.4 is 0 Å². The third kappa shape index (κ3) is 3.65. The largest absolute Gasteiger partial charge is 0.338 e. The van der Waals surface area contributed by atoms with Gasteiger partial charge in [0.05, 0.1) is 11.9 Å². The maximum Gasteiger partial charge on any atom is 0.246 e. The first kappa shape index (κ1) is 18.6. The van der Waals surface area contributed by atoms with E-state index in [9.17, 15) is 13.2 Å². The molecule has 0 saturated carbocycles. The molecule has 1 saturated heterocycles. The Labute approximate surface area is 153 Å². The summed E-state index contributed by atoms with van der Waals surface area (Å²) in [6.07, 6.45) is 5.09. The highest BCUT2D eigenvalue weighted by Gasteiger charge is 2.32. The lowest BCUT2D eigenvalue weighted by Gasteiger charge is -2.33. The number of carbonyl (C=O) groups is 1. The summed E-state index contributed by atoms with van der Waals surface area (Å²) >= 11 is 0. The molecule has 0 spiro atoms. The van der Waals surface area contributed by atoms with Crippen molar-refractivity contribution in [2.75, 3.05) is 26.2 Å². The van der Waals surface area contributed by atoms with Gasteiger partial charge in [-0.2, -0.15) is 14.5 Å². The second-order valence-corrected chi connectivity index (χ2v) is 8.34. The predicted molar refractivity (Wildman–Crippen MR) is 94.9 cm³/mol. The van der Waals surface area contributed by atoms with Crippen molar-refractivity contribution < 1.29 is 13.2 Å². The Hall–Kier alpha value is -2.20. The molecule has 0 bridgehead atoms. The van der Waals surface area contributed by atoms with E-state index < -0.39 is 10.0 Å². The smallest absolute Gasteiger partial charge is 0.246 e. The van der Waals surface area contributed by atoms with Crippen molar-refractivity contribution in [3.63, 3.8) is 0 Å². The summed E-state index contributed by atoms with van der Waals surface area (Å²) in [5.74, 6) is -0.0554. The second-order valence-electron chi connectivity index (χ2n) is 6.43. The van der Waals surface area contributed by atoms with Crippen LogP contribution in [0.4, 0.5) is 0 Å². The topological polar surface area (TPSA) is 93.3 Å². The molecule has 2 aromatic heterocycles. The summed E-state index contributed by atoms with van der Waals surface area (Å²) in [5, 5.41) is 8.34. The normalized spacial score (nSPS) is 16.2. The van der Waals surface area contributed by atoms with Gasteiger partial charge in [0.1, 0.15) is 11.4 Å². The first-order valence-corrected chi connectivity index (χ1v) is 10.1. The van der Waals surface area contributed by atoms with Crippen LogP contribution >= 0.6 is 0 Å². The van der Waals surface area contributed by atoms with E-state index in [1.807, 2.05) is 20.0 Å². The highest BCUT2D eigenvalue weighted by molar-refractivity contribution is 7.89. The van der Waals surface area contributed by atoms with Crippen molar-refractivity contribution in [2.45, 2.75) is 38.8 Å². The van der Waals surface area contributed by atoms with Crippen LogP contribution in [0.15, 0.2) is 23.5 Å². The number of aromatic nitrogens is 4. The molecule has 3 heterocycles. The van der Waals surface area contributed by atoms with Crippen molar-refractivity contribution in [2.24, 2.45) is 0 Å². The van der Waals surface area contributed by atoms with Gasteiger partial charge in [-0.15, -0.1) is 0 Å². The van der Waals surface area contributed by atoms with E-state index >= 15 is 0 Å². The van der Waals surface area contributed by atoms with E-state index in [-0.39, 0.29) is 30.4 Å². The fourth-order valence-electron chi connectivity index (χ4n) is 3.02. The van der Waals surface area contributed by atoms with Crippen molar-refractivity contribution >= 4 is 15.9 Å². The SMILES string of the molecule is CCn1cc(S(=O)(=O)N2CCN(C(=O)Cn3cc(C)cn3)CC2)c(C)n1. The van der Waals surface area contributed by atoms with Crippen LogP contribution in [-0.4, -0.2) is 69.3 Å². The van der Waals surface area contributed by atoms with Gasteiger partial charge in [0.2, 0.25) is 15.9 Å². The van der Waals surface area contributed by atoms with Crippen LogP contribution in [-0.2, 0) is 27.9 Å². The van der Waals surface area contributed by atoms with Gasteiger partial charge in [-0.25, -0.2) is 8.42 Å². The van der Waals surface area contributed by atoms with Crippen LogP contribution in [0.2, 0.25) is 0 Å². The molecule has 1 amide bonds. The van der Waals surface area contributed by atoms with Crippen LogP contribution in [0.3, 0.4) is 0 Å². The van der Waals surface area contributed by atoms with E-state index in [0.717, 1.165) is 5.56 Å². The lowest BCUT2D eigenvalue weighted by atomic mass is 10.3. The zero-order chi connectivity index (χ0) is 18.9. The molecule has 9 nitrogen and oxygen atoms in total. The fourth-order valence-corrected chi connectivity index (χ4v) is 4.61. The van der Waals surface area contributed by atoms with Crippen molar-refractivity contribution in [1.82, 2.24) is 28.8 Å². The fraction of sp³-hybridized carbons (Fsp3) is 0.562. The summed E-state index contributed by atoms with van der Waals surface area (Å²) in [4.78, 5) is 14.3. The van der Waals surface area contributed by atoms with Gasteiger partial charge in [0, 0.05) is 45.1 Å². The van der Waals surface area contributed by atoms with Crippen LogP contribution in [0, 0.1) is 13.8 Å². The average molecular weight is 380 g/mol. The van der Waals surface area contributed by atoms with Crippen molar-refractivity contribution in [1.29, 1.82) is 0 Å². The molecule has 26 heavy (non-hydrogen) atoms.